The predicted octanol–water partition coefficient (Wildman–Crippen LogP) is 2.77. The van der Waals surface area contributed by atoms with Gasteiger partial charge in [-0.2, -0.15) is 0 Å². The minimum absolute atomic E-state index is 0.00876. The molecule has 5 heteroatoms. The minimum atomic E-state index is -0.00876. The molecule has 2 aromatic heterocycles. The molecule has 0 radical (unpaired) electrons. The van der Waals surface area contributed by atoms with Crippen LogP contribution < -0.4 is 10.1 Å². The number of carbonyl (C=O) groups excluding carboxylic acids is 1. The summed E-state index contributed by atoms with van der Waals surface area (Å²) >= 11 is 0. The number of aryl methyl sites for hydroxylation is 1. The first kappa shape index (κ1) is 16.1. The van der Waals surface area contributed by atoms with Gasteiger partial charge in [-0.3, -0.25) is 4.79 Å². The van der Waals surface area contributed by atoms with Gasteiger partial charge < -0.3 is 14.5 Å². The van der Waals surface area contributed by atoms with Gasteiger partial charge in [0.2, 0.25) is 5.91 Å². The van der Waals surface area contributed by atoms with Gasteiger partial charge in [0.25, 0.3) is 0 Å². The van der Waals surface area contributed by atoms with Crippen LogP contribution in [0, 0.1) is 6.92 Å². The van der Waals surface area contributed by atoms with E-state index >= 15 is 0 Å². The Kier molecular flexibility index (Phi) is 5.11. The smallest absolute Gasteiger partial charge is 0.223 e. The Morgan fingerprint density at radius 3 is 2.83 bits per heavy atom. The number of rotatable bonds is 7. The number of aromatic nitrogens is 2. The van der Waals surface area contributed by atoms with Crippen LogP contribution in [0.1, 0.15) is 17.7 Å². The SMILES string of the molecule is Cc1ccc2nc(CCNC(=O)CCOc3ccccc3)cn2c1. The third kappa shape index (κ3) is 4.35. The van der Waals surface area contributed by atoms with Crippen LogP contribution >= 0.6 is 0 Å². The fraction of sp³-hybridized carbons (Fsp3) is 0.263. The fourth-order valence-corrected chi connectivity index (χ4v) is 2.47. The number of benzene rings is 1. The van der Waals surface area contributed by atoms with Gasteiger partial charge in [0.1, 0.15) is 11.4 Å². The Hall–Kier alpha value is -2.82. The van der Waals surface area contributed by atoms with Gasteiger partial charge in [-0.15, -0.1) is 0 Å². The Bertz CT molecular complexity index is 812. The van der Waals surface area contributed by atoms with Crippen LogP contribution in [0.5, 0.6) is 5.75 Å². The van der Waals surface area contributed by atoms with Crippen LogP contribution in [-0.2, 0) is 11.2 Å². The summed E-state index contributed by atoms with van der Waals surface area (Å²) in [6.07, 6.45) is 5.11. The van der Waals surface area contributed by atoms with Gasteiger partial charge in [-0.05, 0) is 30.7 Å². The normalized spacial score (nSPS) is 10.7. The summed E-state index contributed by atoms with van der Waals surface area (Å²) in [5, 5.41) is 2.90. The van der Waals surface area contributed by atoms with E-state index < -0.39 is 0 Å². The van der Waals surface area contributed by atoms with Crippen LogP contribution in [0.3, 0.4) is 0 Å². The molecule has 0 bridgehead atoms. The van der Waals surface area contributed by atoms with Gasteiger partial charge in [-0.1, -0.05) is 24.3 Å². The van der Waals surface area contributed by atoms with Crippen molar-refractivity contribution in [1.82, 2.24) is 14.7 Å². The molecule has 0 aliphatic carbocycles. The molecule has 124 valence electrons. The first-order chi connectivity index (χ1) is 11.7. The molecule has 0 spiro atoms. The average Bonchev–Trinajstić information content (AvgIpc) is 2.97. The van der Waals surface area contributed by atoms with Crippen LogP contribution in [0.4, 0.5) is 0 Å². The Morgan fingerprint density at radius 2 is 2.00 bits per heavy atom. The van der Waals surface area contributed by atoms with Crippen molar-refractivity contribution in [2.75, 3.05) is 13.2 Å². The van der Waals surface area contributed by atoms with E-state index in [4.69, 9.17) is 4.74 Å². The summed E-state index contributed by atoms with van der Waals surface area (Å²) in [6, 6.07) is 13.5. The summed E-state index contributed by atoms with van der Waals surface area (Å²) in [5.41, 5.74) is 3.10. The standard InChI is InChI=1S/C19H21N3O2/c1-15-7-8-18-21-16(14-22(18)13-15)9-11-20-19(23)10-12-24-17-5-3-2-4-6-17/h2-8,13-14H,9-12H2,1H3,(H,20,23). The maximum absolute atomic E-state index is 11.8. The Balaban J connectivity index is 1.39. The molecule has 1 aromatic carbocycles. The van der Waals surface area contributed by atoms with E-state index in [1.54, 1.807) is 0 Å². The maximum Gasteiger partial charge on any atom is 0.223 e. The molecular formula is C19H21N3O2. The van der Waals surface area contributed by atoms with Gasteiger partial charge in [0.05, 0.1) is 18.7 Å². The highest BCUT2D eigenvalue weighted by Crippen LogP contribution is 2.09. The highest BCUT2D eigenvalue weighted by molar-refractivity contribution is 5.75. The number of imidazole rings is 1. The highest BCUT2D eigenvalue weighted by atomic mass is 16.5. The van der Waals surface area contributed by atoms with E-state index in [2.05, 4.69) is 17.2 Å². The third-order valence-electron chi connectivity index (χ3n) is 3.69. The zero-order valence-corrected chi connectivity index (χ0v) is 13.7. The number of ether oxygens (including phenoxy) is 1. The number of nitrogens with zero attached hydrogens (tertiary/aromatic N) is 2. The second-order valence-corrected chi connectivity index (χ2v) is 5.72. The van der Waals surface area contributed by atoms with E-state index in [1.165, 1.54) is 5.56 Å². The van der Waals surface area contributed by atoms with Crippen molar-refractivity contribution >= 4 is 11.6 Å². The lowest BCUT2D eigenvalue weighted by Gasteiger charge is -2.06. The van der Waals surface area contributed by atoms with Crippen LogP contribution in [0.2, 0.25) is 0 Å². The zero-order chi connectivity index (χ0) is 16.8. The van der Waals surface area contributed by atoms with Crippen molar-refractivity contribution in [2.24, 2.45) is 0 Å². The van der Waals surface area contributed by atoms with Crippen LogP contribution in [0.15, 0.2) is 54.9 Å². The zero-order valence-electron chi connectivity index (χ0n) is 13.7. The summed E-state index contributed by atoms with van der Waals surface area (Å²) in [4.78, 5) is 16.4. The van der Waals surface area contributed by atoms with Crippen LogP contribution in [0.25, 0.3) is 5.65 Å². The highest BCUT2D eigenvalue weighted by Gasteiger charge is 2.04. The van der Waals surface area contributed by atoms with Gasteiger partial charge in [-0.25, -0.2) is 4.98 Å². The Morgan fingerprint density at radius 1 is 1.17 bits per heavy atom. The molecule has 3 aromatic rings. The molecule has 3 rings (SSSR count). The number of amides is 1. The van der Waals surface area contributed by atoms with Crippen LogP contribution in [-0.4, -0.2) is 28.4 Å². The van der Waals surface area contributed by atoms with Crippen molar-refractivity contribution < 1.29 is 9.53 Å². The molecule has 0 saturated carbocycles. The summed E-state index contributed by atoms with van der Waals surface area (Å²) < 4.78 is 7.53. The van der Waals surface area contributed by atoms with Crippen molar-refractivity contribution in [3.8, 4) is 5.75 Å². The fourth-order valence-electron chi connectivity index (χ4n) is 2.47. The van der Waals surface area contributed by atoms with Gasteiger partial charge in [0, 0.05) is 25.4 Å². The quantitative estimate of drug-likeness (QED) is 0.727. The van der Waals surface area contributed by atoms with Crippen molar-refractivity contribution in [1.29, 1.82) is 0 Å². The monoisotopic (exact) mass is 323 g/mol. The van der Waals surface area contributed by atoms with Gasteiger partial charge >= 0.3 is 0 Å². The first-order valence-corrected chi connectivity index (χ1v) is 8.09. The molecule has 1 N–H and O–H groups in total. The van der Waals surface area contributed by atoms with Gasteiger partial charge in [0.15, 0.2) is 0 Å². The number of hydrogen-bond donors (Lipinski definition) is 1. The van der Waals surface area contributed by atoms with E-state index in [1.807, 2.05) is 59.3 Å². The molecule has 0 unspecified atom stereocenters. The minimum Gasteiger partial charge on any atom is -0.493 e. The Labute approximate surface area is 141 Å². The number of pyridine rings is 1. The molecule has 0 saturated heterocycles. The number of nitrogens with one attached hydrogen (secondary N) is 1. The third-order valence-corrected chi connectivity index (χ3v) is 3.69. The molecule has 0 aliphatic heterocycles. The molecule has 0 atom stereocenters. The lowest BCUT2D eigenvalue weighted by atomic mass is 10.3. The van der Waals surface area contributed by atoms with Crippen molar-refractivity contribution in [3.05, 3.63) is 66.1 Å². The molecule has 24 heavy (non-hydrogen) atoms. The summed E-state index contributed by atoms with van der Waals surface area (Å²) in [5.74, 6) is 0.774. The largest absolute Gasteiger partial charge is 0.493 e. The molecule has 5 nitrogen and oxygen atoms in total. The topological polar surface area (TPSA) is 55.6 Å². The molecular weight excluding hydrogens is 302 g/mol. The molecule has 0 aliphatic rings. The number of carbonyl (C=O) groups is 1. The summed E-state index contributed by atoms with van der Waals surface area (Å²) in [6.45, 7) is 3.01. The van der Waals surface area contributed by atoms with E-state index in [0.29, 0.717) is 26.0 Å². The number of para-hydroxylation sites is 1. The lowest BCUT2D eigenvalue weighted by Crippen LogP contribution is -2.27. The number of fused-ring (bicyclic) bond motifs is 1. The van der Waals surface area contributed by atoms with E-state index in [-0.39, 0.29) is 5.91 Å². The maximum atomic E-state index is 11.8. The first-order valence-electron chi connectivity index (χ1n) is 8.09. The van der Waals surface area contributed by atoms with E-state index in [9.17, 15) is 4.79 Å². The average molecular weight is 323 g/mol. The summed E-state index contributed by atoms with van der Waals surface area (Å²) in [7, 11) is 0. The molecule has 0 fully saturated rings. The molecule has 1 amide bonds. The second kappa shape index (κ2) is 7.64. The van der Waals surface area contributed by atoms with Crippen molar-refractivity contribution in [3.63, 3.8) is 0 Å². The second-order valence-electron chi connectivity index (χ2n) is 5.72. The lowest BCUT2D eigenvalue weighted by molar-refractivity contribution is -0.121. The van der Waals surface area contributed by atoms with E-state index in [0.717, 1.165) is 17.1 Å². The molecule has 2 heterocycles. The van der Waals surface area contributed by atoms with Crippen molar-refractivity contribution in [2.45, 2.75) is 19.8 Å². The number of hydrogen-bond acceptors (Lipinski definition) is 3. The predicted molar refractivity (Wildman–Crippen MR) is 93.2 cm³/mol.